The maximum Gasteiger partial charge on any atom is 0.256 e. The number of amides is 1. The van der Waals surface area contributed by atoms with E-state index in [9.17, 15) is 13.2 Å². The van der Waals surface area contributed by atoms with E-state index in [0.717, 1.165) is 17.4 Å². The molecule has 0 saturated heterocycles. The van der Waals surface area contributed by atoms with Crippen LogP contribution in [0, 0.1) is 0 Å². The maximum absolute atomic E-state index is 13.4. The Bertz CT molecular complexity index is 1520. The molecule has 184 valence electrons. The van der Waals surface area contributed by atoms with Crippen molar-refractivity contribution in [2.45, 2.75) is 11.4 Å². The molecule has 8 heteroatoms. The molecule has 1 N–H and O–H groups in total. The minimum atomic E-state index is -3.47. The highest BCUT2D eigenvalue weighted by molar-refractivity contribution is 7.90. The lowest BCUT2D eigenvalue weighted by Gasteiger charge is -2.15. The van der Waals surface area contributed by atoms with Crippen molar-refractivity contribution in [3.05, 3.63) is 101 Å². The second-order valence-electron chi connectivity index (χ2n) is 8.78. The fourth-order valence-corrected chi connectivity index (χ4v) is 4.77. The molecule has 0 unspecified atom stereocenters. The molecule has 0 aliphatic heterocycles. The smallest absolute Gasteiger partial charge is 0.256 e. The molecule has 4 aromatic rings. The lowest BCUT2D eigenvalue weighted by Crippen LogP contribution is -2.14. The zero-order chi connectivity index (χ0) is 25.9. The van der Waals surface area contributed by atoms with E-state index in [-0.39, 0.29) is 10.8 Å². The summed E-state index contributed by atoms with van der Waals surface area (Å²) >= 11 is 6.39. The van der Waals surface area contributed by atoms with Crippen molar-refractivity contribution >= 4 is 33.0 Å². The van der Waals surface area contributed by atoms with Crippen LogP contribution in [0.15, 0.2) is 90.0 Å². The molecule has 0 aliphatic carbocycles. The molecule has 1 heterocycles. The van der Waals surface area contributed by atoms with E-state index < -0.39 is 9.84 Å². The van der Waals surface area contributed by atoms with Gasteiger partial charge >= 0.3 is 0 Å². The molecule has 0 aliphatic rings. The van der Waals surface area contributed by atoms with E-state index in [1.165, 1.54) is 6.07 Å². The summed E-state index contributed by atoms with van der Waals surface area (Å²) in [5.41, 5.74) is 4.63. The Morgan fingerprint density at radius 2 is 1.75 bits per heavy atom. The van der Waals surface area contributed by atoms with Gasteiger partial charge in [-0.25, -0.2) is 8.42 Å². The summed E-state index contributed by atoms with van der Waals surface area (Å²) in [6.07, 6.45) is 2.83. The Morgan fingerprint density at radius 1 is 0.944 bits per heavy atom. The van der Waals surface area contributed by atoms with Gasteiger partial charge in [0.1, 0.15) is 0 Å². The Kier molecular flexibility index (Phi) is 7.54. The number of nitrogens with zero attached hydrogens (tertiary/aromatic N) is 2. The zero-order valence-electron chi connectivity index (χ0n) is 20.2. The van der Waals surface area contributed by atoms with E-state index >= 15 is 0 Å². The molecule has 4 rings (SSSR count). The van der Waals surface area contributed by atoms with Crippen molar-refractivity contribution in [2.75, 3.05) is 25.7 Å². The molecule has 0 spiro atoms. The van der Waals surface area contributed by atoms with E-state index in [1.54, 1.807) is 36.5 Å². The minimum Gasteiger partial charge on any atom is -0.322 e. The fraction of sp³-hybridized carbons (Fsp3) is 0.143. The summed E-state index contributed by atoms with van der Waals surface area (Å²) in [5, 5.41) is 3.44. The van der Waals surface area contributed by atoms with Crippen LogP contribution in [0.2, 0.25) is 5.02 Å². The van der Waals surface area contributed by atoms with E-state index in [0.29, 0.717) is 39.6 Å². The molecular formula is C28H26ClN3O3S. The van der Waals surface area contributed by atoms with E-state index in [1.807, 2.05) is 61.5 Å². The monoisotopic (exact) mass is 519 g/mol. The zero-order valence-corrected chi connectivity index (χ0v) is 21.8. The van der Waals surface area contributed by atoms with Gasteiger partial charge in [0.25, 0.3) is 5.91 Å². The predicted molar refractivity (Wildman–Crippen MR) is 145 cm³/mol. The number of hydrogen-bond acceptors (Lipinski definition) is 5. The topological polar surface area (TPSA) is 79.4 Å². The van der Waals surface area contributed by atoms with Crippen LogP contribution >= 0.6 is 11.6 Å². The normalized spacial score (nSPS) is 11.5. The third kappa shape index (κ3) is 5.99. The van der Waals surface area contributed by atoms with Gasteiger partial charge in [-0.1, -0.05) is 35.9 Å². The number of anilines is 1. The van der Waals surface area contributed by atoms with E-state index in [4.69, 9.17) is 11.6 Å². The number of carbonyl (C=O) groups is 1. The van der Waals surface area contributed by atoms with Crippen molar-refractivity contribution in [2.24, 2.45) is 0 Å². The number of nitrogens with one attached hydrogen (secondary N) is 1. The minimum absolute atomic E-state index is 0.149. The Labute approximate surface area is 216 Å². The average molecular weight is 520 g/mol. The third-order valence-electron chi connectivity index (χ3n) is 5.57. The van der Waals surface area contributed by atoms with Gasteiger partial charge < -0.3 is 10.2 Å². The van der Waals surface area contributed by atoms with Crippen molar-refractivity contribution in [1.29, 1.82) is 0 Å². The number of halogens is 1. The Morgan fingerprint density at radius 3 is 2.44 bits per heavy atom. The average Bonchev–Trinajstić information content (AvgIpc) is 2.84. The summed E-state index contributed by atoms with van der Waals surface area (Å²) in [6.45, 7) is 0.711. The predicted octanol–water partition coefficient (Wildman–Crippen LogP) is 5.79. The molecule has 1 aromatic heterocycles. The standard InChI is InChI=1S/C28H26ClN3O3S/c1-32(2)18-19-7-6-8-20(15-19)24-17-22(36(3,34)35)11-12-23(24)28(33)31-21-10-13-26(29)25(16-21)27-9-4-5-14-30-27/h4-17H,18H2,1-3H3,(H,31,33). The van der Waals surface area contributed by atoms with Gasteiger partial charge in [-0.3, -0.25) is 9.78 Å². The van der Waals surface area contributed by atoms with Crippen molar-refractivity contribution in [3.8, 4) is 22.4 Å². The number of pyridine rings is 1. The van der Waals surface area contributed by atoms with Crippen LogP contribution in [-0.4, -0.2) is 44.6 Å². The van der Waals surface area contributed by atoms with Gasteiger partial charge in [0, 0.05) is 35.8 Å². The van der Waals surface area contributed by atoms with Crippen molar-refractivity contribution in [1.82, 2.24) is 9.88 Å². The summed E-state index contributed by atoms with van der Waals surface area (Å²) in [5.74, 6) is -0.364. The molecule has 0 fully saturated rings. The second kappa shape index (κ2) is 10.6. The largest absolute Gasteiger partial charge is 0.322 e. The van der Waals surface area contributed by atoms with Gasteiger partial charge in [-0.05, 0) is 85.4 Å². The molecule has 1 amide bonds. The third-order valence-corrected chi connectivity index (χ3v) is 7.01. The first-order valence-electron chi connectivity index (χ1n) is 11.2. The first kappa shape index (κ1) is 25.6. The Hall–Kier alpha value is -3.52. The van der Waals surface area contributed by atoms with Gasteiger partial charge in [0.05, 0.1) is 15.6 Å². The van der Waals surface area contributed by atoms with Gasteiger partial charge in [0.15, 0.2) is 9.84 Å². The highest BCUT2D eigenvalue weighted by Crippen LogP contribution is 2.31. The molecule has 0 saturated carbocycles. The highest BCUT2D eigenvalue weighted by atomic mass is 35.5. The highest BCUT2D eigenvalue weighted by Gasteiger charge is 2.18. The summed E-state index contributed by atoms with van der Waals surface area (Å²) < 4.78 is 24.6. The summed E-state index contributed by atoms with van der Waals surface area (Å²) in [6, 6.07) is 23.0. The lowest BCUT2D eigenvalue weighted by atomic mass is 9.97. The Balaban J connectivity index is 1.74. The molecule has 6 nitrogen and oxygen atoms in total. The lowest BCUT2D eigenvalue weighted by molar-refractivity contribution is 0.102. The number of benzene rings is 3. The second-order valence-corrected chi connectivity index (χ2v) is 11.2. The van der Waals surface area contributed by atoms with Crippen LogP contribution in [-0.2, 0) is 16.4 Å². The molecule has 0 bridgehead atoms. The first-order chi connectivity index (χ1) is 17.1. The number of carbonyl (C=O) groups excluding carboxylic acids is 1. The molecule has 36 heavy (non-hydrogen) atoms. The van der Waals surface area contributed by atoms with Crippen LogP contribution in [0.5, 0.6) is 0 Å². The van der Waals surface area contributed by atoms with Crippen LogP contribution in [0.3, 0.4) is 0 Å². The number of rotatable bonds is 7. The van der Waals surface area contributed by atoms with Gasteiger partial charge in [-0.15, -0.1) is 0 Å². The SMILES string of the molecule is CN(C)Cc1cccc(-c2cc(S(C)(=O)=O)ccc2C(=O)Nc2ccc(Cl)c(-c3ccccn3)c2)c1. The number of aromatic nitrogens is 1. The summed E-state index contributed by atoms with van der Waals surface area (Å²) in [7, 11) is 0.480. The van der Waals surface area contributed by atoms with E-state index in [2.05, 4.69) is 10.3 Å². The molecule has 3 aromatic carbocycles. The van der Waals surface area contributed by atoms with Crippen molar-refractivity contribution in [3.63, 3.8) is 0 Å². The first-order valence-corrected chi connectivity index (χ1v) is 13.5. The quantitative estimate of drug-likeness (QED) is 0.334. The fourth-order valence-electron chi connectivity index (χ4n) is 3.91. The van der Waals surface area contributed by atoms with Gasteiger partial charge in [0.2, 0.25) is 0 Å². The van der Waals surface area contributed by atoms with Crippen LogP contribution in [0.1, 0.15) is 15.9 Å². The molecular weight excluding hydrogens is 494 g/mol. The van der Waals surface area contributed by atoms with Crippen LogP contribution in [0.4, 0.5) is 5.69 Å². The van der Waals surface area contributed by atoms with Crippen LogP contribution in [0.25, 0.3) is 22.4 Å². The van der Waals surface area contributed by atoms with Crippen molar-refractivity contribution < 1.29 is 13.2 Å². The number of sulfone groups is 1. The number of hydrogen-bond donors (Lipinski definition) is 1. The molecule has 0 atom stereocenters. The maximum atomic E-state index is 13.4. The molecule has 0 radical (unpaired) electrons. The van der Waals surface area contributed by atoms with Crippen LogP contribution < -0.4 is 5.32 Å². The van der Waals surface area contributed by atoms with Gasteiger partial charge in [-0.2, -0.15) is 0 Å². The summed E-state index contributed by atoms with van der Waals surface area (Å²) in [4.78, 5) is 20.0.